The van der Waals surface area contributed by atoms with E-state index in [4.69, 9.17) is 15.0 Å². The quantitative estimate of drug-likeness (QED) is 0.174. The molecule has 0 amide bonds. The van der Waals surface area contributed by atoms with Crippen LogP contribution in [0.15, 0.2) is 188 Å². The highest BCUT2D eigenvalue weighted by atomic mass is 32.1. The molecule has 0 bridgehead atoms. The maximum absolute atomic E-state index is 5.04. The smallest absolute Gasteiger partial charge is 0.164 e. The van der Waals surface area contributed by atoms with Crippen LogP contribution >= 0.6 is 11.3 Å². The van der Waals surface area contributed by atoms with Crippen LogP contribution in [0.5, 0.6) is 0 Å². The molecule has 2 heterocycles. The second kappa shape index (κ2) is 13.1. The van der Waals surface area contributed by atoms with Gasteiger partial charge in [0.1, 0.15) is 0 Å². The molecule has 248 valence electrons. The maximum atomic E-state index is 5.04. The van der Waals surface area contributed by atoms with Gasteiger partial charge in [-0.15, -0.1) is 11.3 Å². The zero-order valence-electron chi connectivity index (χ0n) is 28.6. The monoisotopic (exact) mass is 693 g/mol. The minimum absolute atomic E-state index is 0.645. The van der Waals surface area contributed by atoms with Crippen LogP contribution in [-0.4, -0.2) is 15.0 Å². The summed E-state index contributed by atoms with van der Waals surface area (Å²) in [4.78, 5) is 15.0. The molecule has 0 aliphatic heterocycles. The van der Waals surface area contributed by atoms with Crippen LogP contribution in [0, 0.1) is 0 Å². The number of rotatable bonds is 6. The molecule has 8 aromatic carbocycles. The molecule has 0 spiro atoms. The summed E-state index contributed by atoms with van der Waals surface area (Å²) in [5.74, 6) is 1.94. The Balaban J connectivity index is 1.02. The Morgan fingerprint density at radius 1 is 0.283 bits per heavy atom. The molecule has 2 aromatic heterocycles. The maximum Gasteiger partial charge on any atom is 0.164 e. The Kier molecular flexibility index (Phi) is 7.67. The zero-order valence-corrected chi connectivity index (χ0v) is 29.5. The minimum Gasteiger partial charge on any atom is -0.208 e. The fraction of sp³-hybridized carbons (Fsp3) is 0. The van der Waals surface area contributed by atoms with Crippen molar-refractivity contribution >= 4 is 42.3 Å². The summed E-state index contributed by atoms with van der Waals surface area (Å²) >= 11 is 1.87. The van der Waals surface area contributed by atoms with E-state index < -0.39 is 0 Å². The highest BCUT2D eigenvalue weighted by molar-refractivity contribution is 7.26. The van der Waals surface area contributed by atoms with Gasteiger partial charge in [-0.1, -0.05) is 182 Å². The Hall–Kier alpha value is -6.75. The van der Waals surface area contributed by atoms with Crippen LogP contribution in [0.1, 0.15) is 0 Å². The van der Waals surface area contributed by atoms with Gasteiger partial charge < -0.3 is 0 Å². The lowest BCUT2D eigenvalue weighted by Crippen LogP contribution is -2.00. The van der Waals surface area contributed by atoms with Crippen LogP contribution in [0.3, 0.4) is 0 Å². The number of hydrogen-bond donors (Lipinski definition) is 0. The van der Waals surface area contributed by atoms with Crippen LogP contribution in [-0.2, 0) is 0 Å². The van der Waals surface area contributed by atoms with E-state index in [0.29, 0.717) is 17.5 Å². The van der Waals surface area contributed by atoms with E-state index in [-0.39, 0.29) is 0 Å². The minimum atomic E-state index is 0.645. The van der Waals surface area contributed by atoms with Gasteiger partial charge in [0.15, 0.2) is 17.5 Å². The molecule has 0 aliphatic rings. The summed E-state index contributed by atoms with van der Waals surface area (Å²) in [6.45, 7) is 0. The molecule has 0 atom stereocenters. The number of thiophene rings is 1. The molecule has 0 N–H and O–H groups in total. The van der Waals surface area contributed by atoms with Gasteiger partial charge in [-0.2, -0.15) is 0 Å². The predicted molar refractivity (Wildman–Crippen MR) is 223 cm³/mol. The van der Waals surface area contributed by atoms with E-state index in [0.717, 1.165) is 27.8 Å². The third-order valence-electron chi connectivity index (χ3n) is 9.96. The third kappa shape index (κ3) is 5.76. The Morgan fingerprint density at radius 2 is 0.698 bits per heavy atom. The first-order valence-electron chi connectivity index (χ1n) is 17.8. The number of hydrogen-bond acceptors (Lipinski definition) is 4. The summed E-state index contributed by atoms with van der Waals surface area (Å²) in [7, 11) is 0. The number of aromatic nitrogens is 3. The predicted octanol–water partition coefficient (Wildman–Crippen LogP) is 13.4. The average Bonchev–Trinajstić information content (AvgIpc) is 3.63. The van der Waals surface area contributed by atoms with Crippen LogP contribution in [0.4, 0.5) is 0 Å². The normalized spacial score (nSPS) is 11.4. The van der Waals surface area contributed by atoms with Crippen molar-refractivity contribution in [2.24, 2.45) is 0 Å². The molecule has 0 aliphatic carbocycles. The molecular formula is C49H31N3S. The topological polar surface area (TPSA) is 38.7 Å². The van der Waals surface area contributed by atoms with Gasteiger partial charge >= 0.3 is 0 Å². The second-order valence-corrected chi connectivity index (χ2v) is 14.2. The summed E-state index contributed by atoms with van der Waals surface area (Å²) < 4.78 is 2.61. The number of nitrogens with zero attached hydrogens (tertiary/aromatic N) is 3. The SMILES string of the molecule is c1ccc(-c2nc(-c3ccc(-c4ccc5ccccc5c4)cc3)nc(-c3ccc(-c4cccc5c4sc4c(-c6ccccc6)cccc45)cc3)n2)cc1. The van der Waals surface area contributed by atoms with E-state index in [1.807, 2.05) is 41.7 Å². The largest absolute Gasteiger partial charge is 0.208 e. The van der Waals surface area contributed by atoms with Gasteiger partial charge in [0.25, 0.3) is 0 Å². The highest BCUT2D eigenvalue weighted by Crippen LogP contribution is 2.44. The third-order valence-corrected chi connectivity index (χ3v) is 11.2. The van der Waals surface area contributed by atoms with Gasteiger partial charge in [-0.05, 0) is 50.2 Å². The van der Waals surface area contributed by atoms with E-state index >= 15 is 0 Å². The lowest BCUT2D eigenvalue weighted by Gasteiger charge is -2.10. The van der Waals surface area contributed by atoms with Crippen molar-refractivity contribution < 1.29 is 0 Å². The molecule has 0 unspecified atom stereocenters. The summed E-state index contributed by atoms with van der Waals surface area (Å²) in [5, 5.41) is 5.04. The Labute approximate surface area is 311 Å². The van der Waals surface area contributed by atoms with Gasteiger partial charge in [0.2, 0.25) is 0 Å². The fourth-order valence-corrected chi connectivity index (χ4v) is 8.59. The van der Waals surface area contributed by atoms with Crippen molar-refractivity contribution in [2.75, 3.05) is 0 Å². The number of fused-ring (bicyclic) bond motifs is 4. The molecule has 0 saturated carbocycles. The summed E-state index contributed by atoms with van der Waals surface area (Å²) in [6.07, 6.45) is 0. The Morgan fingerprint density at radius 3 is 1.26 bits per heavy atom. The lowest BCUT2D eigenvalue weighted by atomic mass is 9.99. The number of benzene rings is 8. The lowest BCUT2D eigenvalue weighted by molar-refractivity contribution is 1.07. The van der Waals surface area contributed by atoms with Gasteiger partial charge in [-0.25, -0.2) is 15.0 Å². The molecule has 10 aromatic rings. The van der Waals surface area contributed by atoms with E-state index in [1.165, 1.54) is 53.2 Å². The molecule has 3 nitrogen and oxygen atoms in total. The first-order valence-corrected chi connectivity index (χ1v) is 18.6. The Bertz CT molecular complexity index is 2910. The molecular weight excluding hydrogens is 663 g/mol. The van der Waals surface area contributed by atoms with Gasteiger partial charge in [-0.3, -0.25) is 0 Å². The summed E-state index contributed by atoms with van der Waals surface area (Å²) in [6, 6.07) is 66.3. The summed E-state index contributed by atoms with van der Waals surface area (Å²) in [5.41, 5.74) is 10.1. The van der Waals surface area contributed by atoms with E-state index in [1.54, 1.807) is 0 Å². The van der Waals surface area contributed by atoms with E-state index in [9.17, 15) is 0 Å². The average molecular weight is 694 g/mol. The molecule has 53 heavy (non-hydrogen) atoms. The first kappa shape index (κ1) is 31.0. The standard InChI is InChI=1S/C49H31N3S/c1-3-12-34(13-4-1)41-17-9-19-43-44-20-10-18-42(46(44)53-45(41)43)35-24-28-38(29-25-35)49-51-47(36-14-5-2-6-15-36)50-48(52-49)37-26-21-33(22-27-37)40-30-23-32-11-7-8-16-39(32)31-40/h1-31H. The van der Waals surface area contributed by atoms with Gasteiger partial charge in [0.05, 0.1) is 0 Å². The van der Waals surface area contributed by atoms with Crippen LogP contribution < -0.4 is 0 Å². The zero-order chi connectivity index (χ0) is 35.1. The van der Waals surface area contributed by atoms with Crippen molar-refractivity contribution in [2.45, 2.75) is 0 Å². The highest BCUT2D eigenvalue weighted by Gasteiger charge is 2.16. The van der Waals surface area contributed by atoms with Crippen molar-refractivity contribution in [1.29, 1.82) is 0 Å². The van der Waals surface area contributed by atoms with E-state index in [2.05, 4.69) is 158 Å². The van der Waals surface area contributed by atoms with Crippen LogP contribution in [0.25, 0.3) is 98.5 Å². The molecule has 0 fully saturated rings. The van der Waals surface area contributed by atoms with Crippen molar-refractivity contribution in [3.8, 4) is 67.5 Å². The molecule has 0 radical (unpaired) electrons. The van der Waals surface area contributed by atoms with Crippen molar-refractivity contribution in [1.82, 2.24) is 15.0 Å². The van der Waals surface area contributed by atoms with Crippen molar-refractivity contribution in [3.63, 3.8) is 0 Å². The molecule has 0 saturated heterocycles. The molecule has 10 rings (SSSR count). The fourth-order valence-electron chi connectivity index (χ4n) is 7.22. The van der Waals surface area contributed by atoms with Crippen molar-refractivity contribution in [3.05, 3.63) is 188 Å². The second-order valence-electron chi connectivity index (χ2n) is 13.2. The van der Waals surface area contributed by atoms with Crippen LogP contribution in [0.2, 0.25) is 0 Å². The molecule has 4 heteroatoms. The van der Waals surface area contributed by atoms with Gasteiger partial charge in [0, 0.05) is 36.9 Å². The first-order chi connectivity index (χ1) is 26.2.